The van der Waals surface area contributed by atoms with Gasteiger partial charge < -0.3 is 53.7 Å². The molecule has 2 heterocycles. The molecule has 4 aromatic rings. The SMILES string of the molecule is CC(C)(NC(=O)[C@H](Cc1ccccc1)NC(=O)[C@H](Cc1ccccc1)NC(=O)[C@H](CCCCN)NC(=O)[C@@H]1CCC(=O)N1)C(=O)N[C@@H](Cc1c[nH]c2ccccc12)C(=O)NCC(N)=O. The summed E-state index contributed by atoms with van der Waals surface area (Å²) in [6.07, 6.45) is 3.50. The van der Waals surface area contributed by atoms with Gasteiger partial charge in [-0.05, 0) is 68.8 Å². The average Bonchev–Trinajstić information content (AvgIpc) is 3.90. The van der Waals surface area contributed by atoms with Crippen molar-refractivity contribution in [2.75, 3.05) is 13.1 Å². The molecule has 18 heteroatoms. The van der Waals surface area contributed by atoms with Crippen LogP contribution < -0.4 is 48.7 Å². The number of aromatic amines is 1. The van der Waals surface area contributed by atoms with Gasteiger partial charge in [0.15, 0.2) is 0 Å². The number of carbonyl (C=O) groups is 8. The lowest BCUT2D eigenvalue weighted by Gasteiger charge is -2.31. The van der Waals surface area contributed by atoms with E-state index in [1.807, 2.05) is 24.3 Å². The number of rotatable bonds is 23. The number of nitrogens with two attached hydrogens (primary N) is 2. The molecular weight excluding hydrogens is 821 g/mol. The summed E-state index contributed by atoms with van der Waals surface area (Å²) in [6, 6.07) is 19.7. The highest BCUT2D eigenvalue weighted by atomic mass is 16.2. The summed E-state index contributed by atoms with van der Waals surface area (Å²) in [5, 5.41) is 19.7. The van der Waals surface area contributed by atoms with Crippen LogP contribution in [0.15, 0.2) is 91.1 Å². The number of carbonyl (C=O) groups excluding carboxylic acids is 8. The standard InChI is InChI=1S/C46H58N10O8/c1-46(2,45(64)55-37(40(59)50-27-38(48)57)25-30-26-49-32-18-10-9-17-31(30)32)56-44(63)36(24-29-15-7-4-8-16-29)54-43(62)35(23-28-13-5-3-6-14-28)53-41(60)33(19-11-12-22-47)52-42(61)34-20-21-39(58)51-34/h3-10,13-18,26,33-37,49H,11-12,19-25,27,47H2,1-2H3,(H2,48,57)(H,50,59)(H,51,58)(H,52,61)(H,53,60)(H,54,62)(H,55,64)(H,56,63)/t33-,34-,35-,36-,37-/m0/s1. The Kier molecular flexibility index (Phi) is 17.1. The molecule has 1 saturated heterocycles. The maximum atomic E-state index is 14.4. The summed E-state index contributed by atoms with van der Waals surface area (Å²) in [7, 11) is 0. The van der Waals surface area contributed by atoms with E-state index < -0.39 is 83.6 Å². The van der Waals surface area contributed by atoms with Gasteiger partial charge in [-0.1, -0.05) is 78.9 Å². The van der Waals surface area contributed by atoms with Crippen molar-refractivity contribution in [1.29, 1.82) is 0 Å². The highest BCUT2D eigenvalue weighted by Gasteiger charge is 2.37. The number of amides is 8. The molecule has 1 aliphatic heterocycles. The number of unbranched alkanes of at least 4 members (excludes halogenated alkanes) is 1. The number of fused-ring (bicyclic) bond motifs is 1. The Balaban J connectivity index is 1.36. The molecule has 0 bridgehead atoms. The van der Waals surface area contributed by atoms with E-state index in [1.165, 1.54) is 13.8 Å². The number of H-pyrrole nitrogens is 1. The first kappa shape index (κ1) is 48.0. The fourth-order valence-electron chi connectivity index (χ4n) is 7.33. The van der Waals surface area contributed by atoms with Crippen LogP contribution in [0.1, 0.15) is 62.6 Å². The predicted octanol–water partition coefficient (Wildman–Crippen LogP) is 0.0389. The molecule has 0 radical (unpaired) electrons. The third kappa shape index (κ3) is 14.0. The first-order chi connectivity index (χ1) is 30.6. The van der Waals surface area contributed by atoms with Crippen molar-refractivity contribution in [3.05, 3.63) is 108 Å². The molecule has 1 aliphatic rings. The zero-order chi connectivity index (χ0) is 46.2. The molecule has 0 aliphatic carbocycles. The lowest BCUT2D eigenvalue weighted by molar-refractivity contribution is -0.137. The lowest BCUT2D eigenvalue weighted by Crippen LogP contribution is -2.63. The van der Waals surface area contributed by atoms with Crippen LogP contribution in [0.5, 0.6) is 0 Å². The zero-order valence-corrected chi connectivity index (χ0v) is 36.0. The number of nitrogens with one attached hydrogen (secondary N) is 8. The molecule has 64 heavy (non-hydrogen) atoms. The Labute approximate surface area is 371 Å². The molecule has 340 valence electrons. The fraction of sp³-hybridized carbons (Fsp3) is 0.391. The third-order valence-corrected chi connectivity index (χ3v) is 10.9. The molecule has 1 aromatic heterocycles. The van der Waals surface area contributed by atoms with Crippen molar-refractivity contribution in [2.24, 2.45) is 11.5 Å². The quantitative estimate of drug-likeness (QED) is 0.0450. The molecule has 12 N–H and O–H groups in total. The van der Waals surface area contributed by atoms with Crippen LogP contribution in [0.2, 0.25) is 0 Å². The largest absolute Gasteiger partial charge is 0.368 e. The van der Waals surface area contributed by atoms with Crippen molar-refractivity contribution < 1.29 is 38.4 Å². The summed E-state index contributed by atoms with van der Waals surface area (Å²) in [6.45, 7) is 2.79. The number of hydrogen-bond acceptors (Lipinski definition) is 9. The van der Waals surface area contributed by atoms with E-state index in [-0.39, 0.29) is 44.4 Å². The van der Waals surface area contributed by atoms with Gasteiger partial charge in [0, 0.05) is 42.8 Å². The van der Waals surface area contributed by atoms with Crippen LogP contribution >= 0.6 is 0 Å². The van der Waals surface area contributed by atoms with Crippen LogP contribution in [0.3, 0.4) is 0 Å². The normalized spacial score (nSPS) is 15.4. The average molecular weight is 879 g/mol. The summed E-state index contributed by atoms with van der Waals surface area (Å²) in [5.74, 6) is -5.07. The van der Waals surface area contributed by atoms with Gasteiger partial charge >= 0.3 is 0 Å². The minimum Gasteiger partial charge on any atom is -0.368 e. The Morgan fingerprint density at radius 3 is 1.88 bits per heavy atom. The van der Waals surface area contributed by atoms with Gasteiger partial charge in [0.2, 0.25) is 47.3 Å². The van der Waals surface area contributed by atoms with E-state index in [1.54, 1.807) is 66.9 Å². The number of benzene rings is 3. The topological polar surface area (TPSA) is 289 Å². The van der Waals surface area contributed by atoms with E-state index >= 15 is 0 Å². The second-order valence-corrected chi connectivity index (χ2v) is 16.4. The van der Waals surface area contributed by atoms with Crippen molar-refractivity contribution in [1.82, 2.24) is 42.2 Å². The molecule has 18 nitrogen and oxygen atoms in total. The highest BCUT2D eigenvalue weighted by molar-refractivity contribution is 5.99. The van der Waals surface area contributed by atoms with Crippen LogP contribution in [0.4, 0.5) is 0 Å². The van der Waals surface area contributed by atoms with E-state index in [2.05, 4.69) is 42.2 Å². The van der Waals surface area contributed by atoms with Crippen LogP contribution in [-0.4, -0.2) is 101 Å². The monoisotopic (exact) mass is 878 g/mol. The number of hydrogen-bond donors (Lipinski definition) is 10. The second-order valence-electron chi connectivity index (χ2n) is 16.4. The summed E-state index contributed by atoms with van der Waals surface area (Å²) >= 11 is 0. The molecule has 3 aromatic carbocycles. The lowest BCUT2D eigenvalue weighted by atomic mass is 9.98. The molecule has 5 rings (SSSR count). The summed E-state index contributed by atoms with van der Waals surface area (Å²) < 4.78 is 0. The number of aromatic nitrogens is 1. The maximum absolute atomic E-state index is 14.4. The maximum Gasteiger partial charge on any atom is 0.245 e. The van der Waals surface area contributed by atoms with Gasteiger partial charge in [-0.2, -0.15) is 0 Å². The van der Waals surface area contributed by atoms with Gasteiger partial charge in [-0.25, -0.2) is 0 Å². The molecule has 0 unspecified atom stereocenters. The van der Waals surface area contributed by atoms with E-state index in [0.29, 0.717) is 36.1 Å². The van der Waals surface area contributed by atoms with Gasteiger partial charge in [0.25, 0.3) is 0 Å². The Morgan fingerprint density at radius 1 is 0.703 bits per heavy atom. The molecule has 0 spiro atoms. The molecular formula is C46H58N10O8. The zero-order valence-electron chi connectivity index (χ0n) is 36.0. The third-order valence-electron chi connectivity index (χ3n) is 10.9. The Hall–Kier alpha value is -7.08. The minimum atomic E-state index is -1.66. The minimum absolute atomic E-state index is 0.00823. The van der Waals surface area contributed by atoms with Crippen molar-refractivity contribution in [2.45, 2.75) is 101 Å². The first-order valence-corrected chi connectivity index (χ1v) is 21.4. The van der Waals surface area contributed by atoms with E-state index in [0.717, 1.165) is 10.9 Å². The van der Waals surface area contributed by atoms with Gasteiger partial charge in [0.05, 0.1) is 6.54 Å². The van der Waals surface area contributed by atoms with E-state index in [4.69, 9.17) is 11.5 Å². The first-order valence-electron chi connectivity index (χ1n) is 21.4. The van der Waals surface area contributed by atoms with Gasteiger partial charge in [-0.15, -0.1) is 0 Å². The Morgan fingerprint density at radius 2 is 1.28 bits per heavy atom. The Bertz CT molecular complexity index is 2280. The van der Waals surface area contributed by atoms with Crippen LogP contribution in [-0.2, 0) is 57.6 Å². The van der Waals surface area contributed by atoms with Crippen molar-refractivity contribution in [3.63, 3.8) is 0 Å². The molecule has 8 amide bonds. The molecule has 0 saturated carbocycles. The second kappa shape index (κ2) is 22.8. The summed E-state index contributed by atoms with van der Waals surface area (Å²) in [4.78, 5) is 110. The smallest absolute Gasteiger partial charge is 0.245 e. The molecule has 5 atom stereocenters. The highest BCUT2D eigenvalue weighted by Crippen LogP contribution is 2.20. The van der Waals surface area contributed by atoms with E-state index in [9.17, 15) is 38.4 Å². The molecule has 1 fully saturated rings. The van der Waals surface area contributed by atoms with Gasteiger partial charge in [0.1, 0.15) is 35.7 Å². The fourth-order valence-corrected chi connectivity index (χ4v) is 7.33. The van der Waals surface area contributed by atoms with Crippen molar-refractivity contribution in [3.8, 4) is 0 Å². The van der Waals surface area contributed by atoms with Crippen LogP contribution in [0, 0.1) is 0 Å². The number of primary amides is 1. The number of para-hydroxylation sites is 1. The predicted molar refractivity (Wildman–Crippen MR) is 239 cm³/mol. The summed E-state index contributed by atoms with van der Waals surface area (Å²) in [5.41, 5.74) is 12.2. The van der Waals surface area contributed by atoms with Gasteiger partial charge in [-0.3, -0.25) is 38.4 Å². The van der Waals surface area contributed by atoms with Crippen LogP contribution in [0.25, 0.3) is 10.9 Å². The van der Waals surface area contributed by atoms with Crippen molar-refractivity contribution >= 4 is 58.2 Å².